The fourth-order valence-electron chi connectivity index (χ4n) is 1.97. The molecule has 1 aromatic rings. The lowest BCUT2D eigenvalue weighted by Crippen LogP contribution is -2.35. The lowest BCUT2D eigenvalue weighted by molar-refractivity contribution is -0.119. The molecule has 0 heterocycles. The van der Waals surface area contributed by atoms with Crippen molar-refractivity contribution in [3.8, 4) is 0 Å². The van der Waals surface area contributed by atoms with Crippen LogP contribution in [0.4, 0.5) is 18.9 Å². The number of hydrogen-bond acceptors (Lipinski definition) is 2. The second-order valence-electron chi connectivity index (χ2n) is 4.34. The van der Waals surface area contributed by atoms with Gasteiger partial charge in [-0.3, -0.25) is 0 Å². The third-order valence-corrected chi connectivity index (χ3v) is 3.11. The first kappa shape index (κ1) is 16.3. The maximum Gasteiger partial charge on any atom is 0.405 e. The van der Waals surface area contributed by atoms with Gasteiger partial charge in [0.1, 0.15) is 6.54 Å². The molecule has 19 heavy (non-hydrogen) atoms. The highest BCUT2D eigenvalue weighted by atomic mass is 79.9. The Morgan fingerprint density at radius 2 is 2.00 bits per heavy atom. The van der Waals surface area contributed by atoms with E-state index in [9.17, 15) is 13.2 Å². The van der Waals surface area contributed by atoms with Crippen LogP contribution in [0.1, 0.15) is 18.9 Å². The number of nitrogens with one attached hydrogen (secondary N) is 1. The van der Waals surface area contributed by atoms with Crippen molar-refractivity contribution in [3.63, 3.8) is 0 Å². The Labute approximate surface area is 120 Å². The largest absolute Gasteiger partial charge is 0.405 e. The summed E-state index contributed by atoms with van der Waals surface area (Å²) in [5.41, 5.74) is 1.49. The van der Waals surface area contributed by atoms with Crippen molar-refractivity contribution in [1.82, 2.24) is 5.32 Å². The molecule has 0 aliphatic heterocycles. The molecule has 1 rings (SSSR count). The summed E-state index contributed by atoms with van der Waals surface area (Å²) in [6.07, 6.45) is -3.52. The van der Waals surface area contributed by atoms with Crippen molar-refractivity contribution in [2.45, 2.75) is 26.1 Å². The van der Waals surface area contributed by atoms with E-state index in [1.54, 1.807) is 19.2 Å². The Bertz CT molecular complexity index is 407. The van der Waals surface area contributed by atoms with E-state index in [2.05, 4.69) is 21.2 Å². The molecule has 0 unspecified atom stereocenters. The van der Waals surface area contributed by atoms with Crippen LogP contribution in [0, 0.1) is 0 Å². The van der Waals surface area contributed by atoms with E-state index in [0.717, 1.165) is 10.0 Å². The van der Waals surface area contributed by atoms with Gasteiger partial charge in [-0.15, -0.1) is 0 Å². The Hall–Kier alpha value is -0.750. The fraction of sp³-hybridized carbons (Fsp3) is 0.538. The molecule has 2 nitrogen and oxygen atoms in total. The van der Waals surface area contributed by atoms with Crippen LogP contribution in [0.2, 0.25) is 0 Å². The smallest absolute Gasteiger partial charge is 0.362 e. The Kier molecular flexibility index (Phi) is 6.13. The van der Waals surface area contributed by atoms with Crippen LogP contribution in [0.3, 0.4) is 0 Å². The van der Waals surface area contributed by atoms with E-state index in [1.165, 1.54) is 4.90 Å². The highest BCUT2D eigenvalue weighted by molar-refractivity contribution is 9.10. The van der Waals surface area contributed by atoms with E-state index < -0.39 is 12.7 Å². The van der Waals surface area contributed by atoms with Crippen molar-refractivity contribution < 1.29 is 13.2 Å². The van der Waals surface area contributed by atoms with Crippen LogP contribution in [0.15, 0.2) is 22.7 Å². The molecule has 0 aliphatic carbocycles. The number of nitrogens with zero attached hydrogens (tertiary/aromatic N) is 1. The first-order chi connectivity index (χ1) is 8.87. The summed E-state index contributed by atoms with van der Waals surface area (Å²) >= 11 is 3.35. The van der Waals surface area contributed by atoms with E-state index >= 15 is 0 Å². The molecule has 6 heteroatoms. The summed E-state index contributed by atoms with van der Waals surface area (Å²) in [4.78, 5) is 1.39. The fourth-order valence-corrected chi connectivity index (χ4v) is 2.37. The van der Waals surface area contributed by atoms with Gasteiger partial charge >= 0.3 is 6.18 Å². The van der Waals surface area contributed by atoms with Gasteiger partial charge in [0.2, 0.25) is 0 Å². The molecule has 1 aromatic carbocycles. The summed E-state index contributed by atoms with van der Waals surface area (Å²) in [5.74, 6) is 0. The predicted octanol–water partition coefficient (Wildman–Crippen LogP) is 3.95. The first-order valence-corrected chi connectivity index (χ1v) is 6.91. The molecule has 0 bridgehead atoms. The molecular formula is C13H18BrF3N2. The van der Waals surface area contributed by atoms with Crippen molar-refractivity contribution in [1.29, 1.82) is 0 Å². The van der Waals surface area contributed by atoms with Crippen molar-refractivity contribution in [2.75, 3.05) is 25.0 Å². The minimum atomic E-state index is -4.20. The molecule has 0 spiro atoms. The highest BCUT2D eigenvalue weighted by Gasteiger charge is 2.31. The second-order valence-corrected chi connectivity index (χ2v) is 5.26. The molecule has 0 radical (unpaired) electrons. The zero-order valence-electron chi connectivity index (χ0n) is 11.0. The average molecular weight is 339 g/mol. The molecule has 0 atom stereocenters. The van der Waals surface area contributed by atoms with E-state index in [4.69, 9.17) is 0 Å². The van der Waals surface area contributed by atoms with Crippen molar-refractivity contribution in [3.05, 3.63) is 28.2 Å². The lowest BCUT2D eigenvalue weighted by atomic mass is 10.1. The summed E-state index contributed by atoms with van der Waals surface area (Å²) in [5, 5.41) is 2.98. The van der Waals surface area contributed by atoms with Crippen molar-refractivity contribution >= 4 is 21.6 Å². The number of halogens is 4. The molecule has 108 valence electrons. The third kappa shape index (κ3) is 5.40. The van der Waals surface area contributed by atoms with Gasteiger partial charge in [0.05, 0.1) is 0 Å². The Morgan fingerprint density at radius 3 is 2.53 bits per heavy atom. The quantitative estimate of drug-likeness (QED) is 0.844. The van der Waals surface area contributed by atoms with Gasteiger partial charge in [0.15, 0.2) is 0 Å². The number of hydrogen-bond donors (Lipinski definition) is 1. The summed E-state index contributed by atoms with van der Waals surface area (Å²) < 4.78 is 38.8. The molecule has 0 saturated heterocycles. The van der Waals surface area contributed by atoms with Gasteiger partial charge in [-0.25, -0.2) is 0 Å². The lowest BCUT2D eigenvalue weighted by Gasteiger charge is -2.28. The summed E-state index contributed by atoms with van der Waals surface area (Å²) in [6.45, 7) is 1.88. The monoisotopic (exact) mass is 338 g/mol. The SMILES string of the molecule is CCCN(CC(F)(F)F)c1ccc(Br)cc1CNC. The zero-order chi connectivity index (χ0) is 14.5. The van der Waals surface area contributed by atoms with Crippen LogP contribution in [-0.2, 0) is 6.54 Å². The molecule has 0 aliphatic rings. The average Bonchev–Trinajstić information content (AvgIpc) is 2.27. The maximum absolute atomic E-state index is 12.6. The Morgan fingerprint density at radius 1 is 1.32 bits per heavy atom. The highest BCUT2D eigenvalue weighted by Crippen LogP contribution is 2.28. The van der Waals surface area contributed by atoms with Crippen LogP contribution in [0.25, 0.3) is 0 Å². The Balaban J connectivity index is 3.06. The molecular weight excluding hydrogens is 321 g/mol. The van der Waals surface area contributed by atoms with Crippen LogP contribution in [0.5, 0.6) is 0 Å². The van der Waals surface area contributed by atoms with Gasteiger partial charge in [0, 0.05) is 23.2 Å². The van der Waals surface area contributed by atoms with Crippen molar-refractivity contribution in [2.24, 2.45) is 0 Å². The topological polar surface area (TPSA) is 15.3 Å². The molecule has 0 fully saturated rings. The predicted molar refractivity (Wildman–Crippen MR) is 75.5 cm³/mol. The molecule has 0 saturated carbocycles. The van der Waals surface area contributed by atoms with Gasteiger partial charge in [-0.2, -0.15) is 13.2 Å². The number of benzene rings is 1. The normalized spacial score (nSPS) is 11.7. The zero-order valence-corrected chi connectivity index (χ0v) is 12.6. The second kappa shape index (κ2) is 7.14. The number of rotatable bonds is 6. The number of anilines is 1. The third-order valence-electron chi connectivity index (χ3n) is 2.61. The van der Waals surface area contributed by atoms with Gasteiger partial charge in [0.25, 0.3) is 0 Å². The maximum atomic E-state index is 12.6. The minimum Gasteiger partial charge on any atom is -0.362 e. The van der Waals surface area contributed by atoms with E-state index in [-0.39, 0.29) is 0 Å². The minimum absolute atomic E-state index is 0.387. The molecule has 0 aromatic heterocycles. The standard InChI is InChI=1S/C13H18BrF3N2/c1-3-6-19(9-13(15,16)17)12-5-4-11(14)7-10(12)8-18-2/h4-5,7,18H,3,6,8-9H2,1-2H3. The molecule has 1 N–H and O–H groups in total. The van der Waals surface area contributed by atoms with Gasteiger partial charge < -0.3 is 10.2 Å². The van der Waals surface area contributed by atoms with Gasteiger partial charge in [-0.1, -0.05) is 22.9 Å². The van der Waals surface area contributed by atoms with Crippen LogP contribution in [-0.4, -0.2) is 26.3 Å². The van der Waals surface area contributed by atoms with Crippen LogP contribution >= 0.6 is 15.9 Å². The molecule has 0 amide bonds. The van der Waals surface area contributed by atoms with Crippen LogP contribution < -0.4 is 10.2 Å². The van der Waals surface area contributed by atoms with E-state index in [1.807, 2.05) is 13.0 Å². The van der Waals surface area contributed by atoms with E-state index in [0.29, 0.717) is 25.2 Å². The van der Waals surface area contributed by atoms with Gasteiger partial charge in [-0.05, 0) is 37.2 Å². The first-order valence-electron chi connectivity index (χ1n) is 6.12. The summed E-state index contributed by atoms with van der Waals surface area (Å²) in [6, 6.07) is 5.36. The summed E-state index contributed by atoms with van der Waals surface area (Å²) in [7, 11) is 1.78. The number of alkyl halides is 3.